The molecule has 2 atom stereocenters. The number of amides is 1. The summed E-state index contributed by atoms with van der Waals surface area (Å²) in [6, 6.07) is 3.66. The Kier molecular flexibility index (Phi) is 4.63. The zero-order valence-corrected chi connectivity index (χ0v) is 14.6. The van der Waals surface area contributed by atoms with E-state index >= 15 is 0 Å². The Morgan fingerprint density at radius 3 is 2.88 bits per heavy atom. The van der Waals surface area contributed by atoms with Crippen molar-refractivity contribution in [3.63, 3.8) is 0 Å². The molecule has 2 aliphatic heterocycles. The number of hydrogen-bond acceptors (Lipinski definition) is 5. The third-order valence-corrected chi connectivity index (χ3v) is 6.47. The lowest BCUT2D eigenvalue weighted by Crippen LogP contribution is -2.53. The van der Waals surface area contributed by atoms with Gasteiger partial charge in [-0.3, -0.25) is 9.78 Å². The number of pyridine rings is 1. The predicted molar refractivity (Wildman–Crippen MR) is 88.6 cm³/mol. The first-order chi connectivity index (χ1) is 11.3. The van der Waals surface area contributed by atoms with Crippen molar-refractivity contribution >= 4 is 15.9 Å². The summed E-state index contributed by atoms with van der Waals surface area (Å²) in [7, 11) is -3.28. The van der Waals surface area contributed by atoms with Gasteiger partial charge in [-0.25, -0.2) is 12.7 Å². The highest BCUT2D eigenvalue weighted by Crippen LogP contribution is 2.42. The van der Waals surface area contributed by atoms with Gasteiger partial charge in [-0.05, 0) is 24.0 Å². The molecule has 24 heavy (non-hydrogen) atoms. The monoisotopic (exact) mass is 353 g/mol. The van der Waals surface area contributed by atoms with Gasteiger partial charge in [-0.15, -0.1) is 0 Å². The number of piperidine rings is 1. The minimum Gasteiger partial charge on any atom is -0.396 e. The van der Waals surface area contributed by atoms with Crippen LogP contribution >= 0.6 is 0 Å². The minimum atomic E-state index is -3.28. The van der Waals surface area contributed by atoms with E-state index in [9.17, 15) is 18.3 Å². The Bertz CT molecular complexity index is 709. The van der Waals surface area contributed by atoms with Crippen LogP contribution in [0.2, 0.25) is 0 Å². The first-order valence-electron chi connectivity index (χ1n) is 8.07. The topological polar surface area (TPSA) is 90.8 Å². The quantitative estimate of drug-likeness (QED) is 0.804. The van der Waals surface area contributed by atoms with E-state index in [2.05, 4.69) is 4.98 Å². The number of carbonyl (C=O) groups is 1. The second-order valence-electron chi connectivity index (χ2n) is 6.91. The molecular weight excluding hydrogens is 330 g/mol. The van der Waals surface area contributed by atoms with E-state index in [1.807, 2.05) is 6.07 Å². The van der Waals surface area contributed by atoms with Gasteiger partial charge in [0.1, 0.15) is 0 Å². The van der Waals surface area contributed by atoms with E-state index in [0.29, 0.717) is 26.1 Å². The maximum atomic E-state index is 12.6. The van der Waals surface area contributed by atoms with Gasteiger partial charge in [0.15, 0.2) is 0 Å². The summed E-state index contributed by atoms with van der Waals surface area (Å²) in [5.74, 6) is 0.0896. The predicted octanol–water partition coefficient (Wildman–Crippen LogP) is -0.273. The fourth-order valence-electron chi connectivity index (χ4n) is 3.82. The van der Waals surface area contributed by atoms with Crippen molar-refractivity contribution in [2.75, 3.05) is 39.0 Å². The number of fused-ring (bicyclic) bond motifs is 1. The van der Waals surface area contributed by atoms with Gasteiger partial charge in [0.05, 0.1) is 19.3 Å². The average molecular weight is 353 g/mol. The van der Waals surface area contributed by atoms with E-state index in [1.165, 1.54) is 10.6 Å². The van der Waals surface area contributed by atoms with Crippen molar-refractivity contribution in [2.24, 2.45) is 11.3 Å². The number of rotatable bonds is 4. The molecule has 0 aromatic carbocycles. The standard InChI is InChI=1S/C16H23N3O4S/c1-24(22,23)19-9-14-4-6-18(10-16(14,11-19)12-20)15(21)7-13-3-2-5-17-8-13/h2-3,5,8,14,20H,4,6-7,9-12H2,1H3/t14-,16+/m0/s1. The van der Waals surface area contributed by atoms with E-state index in [-0.39, 0.29) is 31.4 Å². The molecule has 0 aliphatic carbocycles. The van der Waals surface area contributed by atoms with E-state index in [1.54, 1.807) is 23.4 Å². The van der Waals surface area contributed by atoms with E-state index in [4.69, 9.17) is 0 Å². The Hall–Kier alpha value is -1.51. The molecule has 1 aromatic heterocycles. The third kappa shape index (κ3) is 3.31. The van der Waals surface area contributed by atoms with Crippen LogP contribution in [0.4, 0.5) is 0 Å². The number of aliphatic hydroxyl groups excluding tert-OH is 1. The summed E-state index contributed by atoms with van der Waals surface area (Å²) in [5.41, 5.74) is 0.304. The van der Waals surface area contributed by atoms with Gasteiger partial charge in [0.2, 0.25) is 15.9 Å². The van der Waals surface area contributed by atoms with Crippen LogP contribution in [0.1, 0.15) is 12.0 Å². The molecule has 1 aromatic rings. The van der Waals surface area contributed by atoms with Crippen LogP contribution in [-0.4, -0.2) is 72.7 Å². The molecule has 0 bridgehead atoms. The second-order valence-corrected chi connectivity index (χ2v) is 8.90. The van der Waals surface area contributed by atoms with Crippen LogP contribution in [0, 0.1) is 11.3 Å². The van der Waals surface area contributed by atoms with Crippen LogP contribution in [0.15, 0.2) is 24.5 Å². The fraction of sp³-hybridized carbons (Fsp3) is 0.625. The molecule has 0 spiro atoms. The Morgan fingerprint density at radius 2 is 2.25 bits per heavy atom. The van der Waals surface area contributed by atoms with Crippen molar-refractivity contribution in [3.05, 3.63) is 30.1 Å². The number of nitrogens with zero attached hydrogens (tertiary/aromatic N) is 3. The smallest absolute Gasteiger partial charge is 0.227 e. The zero-order valence-electron chi connectivity index (χ0n) is 13.8. The number of carbonyl (C=O) groups excluding carboxylic acids is 1. The van der Waals surface area contributed by atoms with Crippen LogP contribution in [-0.2, 0) is 21.2 Å². The number of hydrogen-bond donors (Lipinski definition) is 1. The molecule has 2 fully saturated rings. The van der Waals surface area contributed by atoms with E-state index < -0.39 is 15.4 Å². The average Bonchev–Trinajstić information content (AvgIpc) is 2.95. The molecule has 2 aliphatic rings. The largest absolute Gasteiger partial charge is 0.396 e. The van der Waals surface area contributed by atoms with Gasteiger partial charge in [0, 0.05) is 44.0 Å². The maximum absolute atomic E-state index is 12.6. The van der Waals surface area contributed by atoms with Crippen LogP contribution in [0.25, 0.3) is 0 Å². The molecule has 2 saturated heterocycles. The van der Waals surface area contributed by atoms with Crippen molar-refractivity contribution < 1.29 is 18.3 Å². The molecule has 1 amide bonds. The number of likely N-dealkylation sites (tertiary alicyclic amines) is 1. The molecule has 3 rings (SSSR count). The van der Waals surface area contributed by atoms with Gasteiger partial charge in [-0.1, -0.05) is 6.07 Å². The zero-order chi connectivity index (χ0) is 17.4. The van der Waals surface area contributed by atoms with Crippen molar-refractivity contribution in [3.8, 4) is 0 Å². The highest BCUT2D eigenvalue weighted by molar-refractivity contribution is 7.88. The van der Waals surface area contributed by atoms with Crippen LogP contribution < -0.4 is 0 Å². The van der Waals surface area contributed by atoms with Crippen LogP contribution in [0.3, 0.4) is 0 Å². The number of aliphatic hydroxyl groups is 1. The lowest BCUT2D eigenvalue weighted by Gasteiger charge is -2.43. The maximum Gasteiger partial charge on any atom is 0.227 e. The van der Waals surface area contributed by atoms with Crippen LogP contribution in [0.5, 0.6) is 0 Å². The summed E-state index contributed by atoms with van der Waals surface area (Å²) in [6.45, 7) is 1.61. The molecule has 8 heteroatoms. The Balaban J connectivity index is 1.73. The normalized spacial score (nSPS) is 27.9. The van der Waals surface area contributed by atoms with Gasteiger partial charge < -0.3 is 10.0 Å². The van der Waals surface area contributed by atoms with E-state index in [0.717, 1.165) is 5.56 Å². The molecule has 132 valence electrons. The Morgan fingerprint density at radius 1 is 1.46 bits per heavy atom. The van der Waals surface area contributed by atoms with Crippen molar-refractivity contribution in [1.29, 1.82) is 0 Å². The highest BCUT2D eigenvalue weighted by Gasteiger charge is 2.52. The summed E-state index contributed by atoms with van der Waals surface area (Å²) in [5, 5.41) is 9.96. The van der Waals surface area contributed by atoms with Gasteiger partial charge in [-0.2, -0.15) is 0 Å². The second kappa shape index (κ2) is 6.42. The SMILES string of the molecule is CS(=O)(=O)N1C[C@@H]2CCN(C(=O)Cc3cccnc3)C[C@]2(CO)C1. The van der Waals surface area contributed by atoms with Gasteiger partial charge >= 0.3 is 0 Å². The summed E-state index contributed by atoms with van der Waals surface area (Å²) in [6.07, 6.45) is 5.52. The molecule has 0 unspecified atom stereocenters. The summed E-state index contributed by atoms with van der Waals surface area (Å²) in [4.78, 5) is 18.4. The fourth-order valence-corrected chi connectivity index (χ4v) is 4.76. The first-order valence-corrected chi connectivity index (χ1v) is 9.91. The number of aromatic nitrogens is 1. The Labute approximate surface area is 142 Å². The lowest BCUT2D eigenvalue weighted by molar-refractivity contribution is -0.135. The molecule has 3 heterocycles. The molecule has 0 radical (unpaired) electrons. The highest BCUT2D eigenvalue weighted by atomic mass is 32.2. The van der Waals surface area contributed by atoms with Crippen molar-refractivity contribution in [2.45, 2.75) is 12.8 Å². The summed E-state index contributed by atoms with van der Waals surface area (Å²) >= 11 is 0. The first kappa shape index (κ1) is 17.3. The molecule has 0 saturated carbocycles. The lowest BCUT2D eigenvalue weighted by atomic mass is 9.74. The molecular formula is C16H23N3O4S. The van der Waals surface area contributed by atoms with Gasteiger partial charge in [0.25, 0.3) is 0 Å². The minimum absolute atomic E-state index is 0.00733. The third-order valence-electron chi connectivity index (χ3n) is 5.25. The summed E-state index contributed by atoms with van der Waals surface area (Å²) < 4.78 is 25.1. The molecule has 7 nitrogen and oxygen atoms in total. The molecule has 1 N–H and O–H groups in total. The van der Waals surface area contributed by atoms with Crippen molar-refractivity contribution in [1.82, 2.24) is 14.2 Å². The number of sulfonamides is 1.